The molecule has 28 heavy (non-hydrogen) atoms. The molecule has 1 aliphatic heterocycles. The Balaban J connectivity index is 1.84. The van der Waals surface area contributed by atoms with Gasteiger partial charge in [0.2, 0.25) is 0 Å². The number of benzene rings is 2. The number of hydrogen-bond acceptors (Lipinski definition) is 7. The number of thioether (sulfide) groups is 1. The van der Waals surface area contributed by atoms with Crippen LogP contribution in [0.15, 0.2) is 46.3 Å². The van der Waals surface area contributed by atoms with Gasteiger partial charge in [0.05, 0.1) is 29.7 Å². The molecule has 8 nitrogen and oxygen atoms in total. The maximum atomic E-state index is 12.3. The molecule has 1 amide bonds. The summed E-state index contributed by atoms with van der Waals surface area (Å²) < 4.78 is 10.5. The average Bonchev–Trinajstić information content (AvgIpc) is 3.02. The summed E-state index contributed by atoms with van der Waals surface area (Å²) in [5.74, 6) is 0.901. The second-order valence-corrected chi connectivity index (χ2v) is 6.85. The van der Waals surface area contributed by atoms with Crippen LogP contribution >= 0.6 is 11.8 Å². The minimum atomic E-state index is -0.458. The third kappa shape index (κ3) is 4.15. The van der Waals surface area contributed by atoms with Gasteiger partial charge in [-0.2, -0.15) is 0 Å². The van der Waals surface area contributed by atoms with Crippen LogP contribution in [0.1, 0.15) is 11.1 Å². The van der Waals surface area contributed by atoms with Crippen molar-refractivity contribution in [3.8, 4) is 11.5 Å². The molecule has 2 aromatic rings. The Morgan fingerprint density at radius 1 is 1.14 bits per heavy atom. The van der Waals surface area contributed by atoms with Crippen molar-refractivity contribution in [1.29, 1.82) is 0 Å². The van der Waals surface area contributed by atoms with Crippen LogP contribution in [0, 0.1) is 17.0 Å². The summed E-state index contributed by atoms with van der Waals surface area (Å²) in [5.41, 5.74) is 1.98. The zero-order chi connectivity index (χ0) is 20.3. The lowest BCUT2D eigenvalue weighted by molar-refractivity contribution is -0.384. The Morgan fingerprint density at radius 2 is 1.89 bits per heavy atom. The molecule has 1 heterocycles. The summed E-state index contributed by atoms with van der Waals surface area (Å²) in [4.78, 5) is 27.5. The second kappa shape index (κ2) is 8.13. The van der Waals surface area contributed by atoms with E-state index in [0.717, 1.165) is 5.56 Å². The van der Waals surface area contributed by atoms with Crippen LogP contribution in [0.4, 0.5) is 11.4 Å². The van der Waals surface area contributed by atoms with E-state index in [4.69, 9.17) is 9.47 Å². The lowest BCUT2D eigenvalue weighted by Gasteiger charge is -2.07. The average molecular weight is 399 g/mol. The van der Waals surface area contributed by atoms with Crippen molar-refractivity contribution >= 4 is 40.3 Å². The van der Waals surface area contributed by atoms with Crippen molar-refractivity contribution in [1.82, 2.24) is 5.32 Å². The Morgan fingerprint density at radius 3 is 2.54 bits per heavy atom. The normalized spacial score (nSPS) is 16.3. The fourth-order valence-corrected chi connectivity index (χ4v) is 3.40. The van der Waals surface area contributed by atoms with Crippen molar-refractivity contribution in [3.63, 3.8) is 0 Å². The number of amides is 1. The van der Waals surface area contributed by atoms with E-state index in [1.165, 1.54) is 23.9 Å². The highest BCUT2D eigenvalue weighted by atomic mass is 32.2. The maximum absolute atomic E-state index is 12.3. The van der Waals surface area contributed by atoms with Crippen molar-refractivity contribution in [2.45, 2.75) is 6.92 Å². The van der Waals surface area contributed by atoms with Gasteiger partial charge < -0.3 is 14.8 Å². The van der Waals surface area contributed by atoms with E-state index in [1.54, 1.807) is 45.4 Å². The number of nitro groups is 1. The number of non-ortho nitro benzene ring substituents is 1. The number of rotatable bonds is 5. The summed E-state index contributed by atoms with van der Waals surface area (Å²) >= 11 is 1.20. The number of nitrogens with zero attached hydrogens (tertiary/aromatic N) is 2. The first-order valence-electron chi connectivity index (χ1n) is 8.18. The van der Waals surface area contributed by atoms with Crippen molar-refractivity contribution < 1.29 is 19.2 Å². The molecule has 0 atom stereocenters. The van der Waals surface area contributed by atoms with E-state index < -0.39 is 4.92 Å². The topological polar surface area (TPSA) is 103 Å². The Kier molecular flexibility index (Phi) is 5.65. The van der Waals surface area contributed by atoms with E-state index in [0.29, 0.717) is 32.8 Å². The van der Waals surface area contributed by atoms with Crippen molar-refractivity contribution in [2.75, 3.05) is 14.2 Å². The van der Waals surface area contributed by atoms with E-state index in [1.807, 2.05) is 6.07 Å². The van der Waals surface area contributed by atoms with Gasteiger partial charge in [-0.05, 0) is 54.1 Å². The number of carbonyl (C=O) groups excluding carboxylic acids is 1. The number of ether oxygens (including phenoxy) is 2. The van der Waals surface area contributed by atoms with E-state index in [-0.39, 0.29) is 11.6 Å². The van der Waals surface area contributed by atoms with Crippen LogP contribution in [-0.4, -0.2) is 30.2 Å². The highest BCUT2D eigenvalue weighted by Gasteiger charge is 2.24. The number of nitrogens with one attached hydrogen (secondary N) is 1. The van der Waals surface area contributed by atoms with Crippen LogP contribution in [0.5, 0.6) is 11.5 Å². The van der Waals surface area contributed by atoms with E-state index >= 15 is 0 Å². The predicted molar refractivity (Wildman–Crippen MR) is 108 cm³/mol. The fraction of sp³-hybridized carbons (Fsp3) is 0.158. The molecule has 0 aromatic heterocycles. The molecule has 1 N–H and O–H groups in total. The molecule has 0 bridgehead atoms. The minimum absolute atomic E-state index is 0.00130. The van der Waals surface area contributed by atoms with Crippen molar-refractivity contribution in [2.24, 2.45) is 4.99 Å². The highest BCUT2D eigenvalue weighted by Crippen LogP contribution is 2.32. The van der Waals surface area contributed by atoms with Gasteiger partial charge in [0, 0.05) is 12.1 Å². The quantitative estimate of drug-likeness (QED) is 0.466. The smallest absolute Gasteiger partial charge is 0.269 e. The lowest BCUT2D eigenvalue weighted by Crippen LogP contribution is -2.19. The number of aryl methyl sites for hydroxylation is 1. The Labute approximate surface area is 165 Å². The summed E-state index contributed by atoms with van der Waals surface area (Å²) in [7, 11) is 3.10. The van der Waals surface area contributed by atoms with Crippen LogP contribution in [0.3, 0.4) is 0 Å². The molecule has 3 rings (SSSR count). The van der Waals surface area contributed by atoms with Crippen LogP contribution in [0.2, 0.25) is 0 Å². The standard InChI is InChI=1S/C19H17N3O5S/c1-11-8-13(22(24)25)5-6-14(11)20-19-21-18(23)17(28-19)10-12-4-7-15(26-2)16(9-12)27-3/h4-10H,1-3H3,(H,20,21,23)/b17-10-. The largest absolute Gasteiger partial charge is 0.493 e. The number of aliphatic imine (C=N–C) groups is 1. The molecular formula is C19H17N3O5S. The van der Waals surface area contributed by atoms with Crippen LogP contribution in [-0.2, 0) is 4.79 Å². The third-order valence-electron chi connectivity index (χ3n) is 3.97. The molecule has 1 fully saturated rings. The van der Waals surface area contributed by atoms with E-state index in [2.05, 4.69) is 10.3 Å². The van der Waals surface area contributed by atoms with Crippen LogP contribution < -0.4 is 14.8 Å². The molecule has 2 aromatic carbocycles. The number of methoxy groups -OCH3 is 2. The molecular weight excluding hydrogens is 382 g/mol. The van der Waals surface area contributed by atoms with Gasteiger partial charge in [-0.1, -0.05) is 6.07 Å². The third-order valence-corrected chi connectivity index (χ3v) is 4.88. The van der Waals surface area contributed by atoms with Gasteiger partial charge in [-0.3, -0.25) is 14.9 Å². The first-order valence-corrected chi connectivity index (χ1v) is 8.99. The van der Waals surface area contributed by atoms with Gasteiger partial charge in [-0.15, -0.1) is 0 Å². The van der Waals surface area contributed by atoms with E-state index in [9.17, 15) is 14.9 Å². The molecule has 0 unspecified atom stereocenters. The predicted octanol–water partition coefficient (Wildman–Crippen LogP) is 3.81. The summed E-state index contributed by atoms with van der Waals surface area (Å²) in [6.45, 7) is 1.73. The van der Waals surface area contributed by atoms with Gasteiger partial charge in [-0.25, -0.2) is 4.99 Å². The zero-order valence-electron chi connectivity index (χ0n) is 15.4. The molecule has 144 valence electrons. The first-order chi connectivity index (χ1) is 13.4. The highest BCUT2D eigenvalue weighted by molar-refractivity contribution is 8.18. The lowest BCUT2D eigenvalue weighted by atomic mass is 10.2. The number of carbonyl (C=O) groups is 1. The monoisotopic (exact) mass is 399 g/mol. The first kappa shape index (κ1) is 19.4. The zero-order valence-corrected chi connectivity index (χ0v) is 16.2. The molecule has 0 aliphatic carbocycles. The molecule has 0 radical (unpaired) electrons. The fourth-order valence-electron chi connectivity index (χ4n) is 2.56. The molecule has 0 saturated carbocycles. The van der Waals surface area contributed by atoms with Gasteiger partial charge in [0.1, 0.15) is 0 Å². The second-order valence-electron chi connectivity index (χ2n) is 5.82. The van der Waals surface area contributed by atoms with Gasteiger partial charge in [0.15, 0.2) is 16.7 Å². The van der Waals surface area contributed by atoms with Crippen LogP contribution in [0.25, 0.3) is 6.08 Å². The van der Waals surface area contributed by atoms with Gasteiger partial charge >= 0.3 is 0 Å². The molecule has 1 saturated heterocycles. The summed E-state index contributed by atoms with van der Waals surface area (Å²) in [6.07, 6.45) is 1.73. The Bertz CT molecular complexity index is 1020. The minimum Gasteiger partial charge on any atom is -0.493 e. The molecule has 9 heteroatoms. The van der Waals surface area contributed by atoms with Crippen molar-refractivity contribution in [3.05, 3.63) is 62.5 Å². The Hall–Kier alpha value is -3.33. The summed E-state index contributed by atoms with van der Waals surface area (Å²) in [5, 5.41) is 14.0. The summed E-state index contributed by atoms with van der Waals surface area (Å²) in [6, 6.07) is 9.74. The SMILES string of the molecule is COc1ccc(/C=C2\SC(=Nc3ccc([N+](=O)[O-])cc3C)NC2=O)cc1OC. The molecule has 1 aliphatic rings. The molecule has 0 spiro atoms. The van der Waals surface area contributed by atoms with Gasteiger partial charge in [0.25, 0.3) is 11.6 Å². The number of amidine groups is 1. The maximum Gasteiger partial charge on any atom is 0.269 e. The number of hydrogen-bond donors (Lipinski definition) is 1. The number of nitro benzene ring substituents is 1.